The first-order valence-corrected chi connectivity index (χ1v) is 8.03. The second-order valence-corrected chi connectivity index (χ2v) is 5.80. The van der Waals surface area contributed by atoms with Crippen LogP contribution in [0.2, 0.25) is 0 Å². The van der Waals surface area contributed by atoms with Gasteiger partial charge < -0.3 is 5.32 Å². The van der Waals surface area contributed by atoms with Crippen molar-refractivity contribution < 1.29 is 0 Å². The minimum Gasteiger partial charge on any atom is -0.307 e. The Balaban J connectivity index is 1.94. The third kappa shape index (κ3) is 3.62. The van der Waals surface area contributed by atoms with Gasteiger partial charge in [-0.05, 0) is 33.5 Å². The molecule has 108 valence electrons. The molecular weight excluding hydrogens is 338 g/mol. The number of hydrogen-bond donors (Lipinski definition) is 1. The lowest BCUT2D eigenvalue weighted by molar-refractivity contribution is 0.622. The lowest BCUT2D eigenvalue weighted by Gasteiger charge is -2.07. The first-order chi connectivity index (χ1) is 9.65. The molecule has 2 rings (SSSR count). The number of nitrogens with zero attached hydrogens (tertiary/aromatic N) is 2. The average Bonchev–Trinajstić information content (AvgIpc) is 2.75. The Bertz CT molecular complexity index is 563. The van der Waals surface area contributed by atoms with E-state index in [9.17, 15) is 0 Å². The quantitative estimate of drug-likeness (QED) is 0.798. The number of alkyl halides is 1. The van der Waals surface area contributed by atoms with Gasteiger partial charge in [-0.15, -0.1) is 11.6 Å². The summed E-state index contributed by atoms with van der Waals surface area (Å²) in [4.78, 5) is 0. The normalized spacial score (nSPS) is 11.0. The SMILES string of the molecule is CCc1nn(C)c(CNCc2ccc(CCl)cc2)c1Br. The van der Waals surface area contributed by atoms with Crippen molar-refractivity contribution in [1.29, 1.82) is 0 Å². The molecule has 3 nitrogen and oxygen atoms in total. The summed E-state index contributed by atoms with van der Waals surface area (Å²) in [5, 5.41) is 7.94. The molecule has 1 aromatic carbocycles. The van der Waals surface area contributed by atoms with Crippen molar-refractivity contribution in [2.45, 2.75) is 32.3 Å². The zero-order chi connectivity index (χ0) is 14.5. The third-order valence-electron chi connectivity index (χ3n) is 3.30. The Morgan fingerprint density at radius 2 is 1.85 bits per heavy atom. The molecule has 1 aromatic heterocycles. The minimum absolute atomic E-state index is 0.565. The summed E-state index contributed by atoms with van der Waals surface area (Å²) in [6, 6.07) is 8.36. The maximum Gasteiger partial charge on any atom is 0.0767 e. The van der Waals surface area contributed by atoms with Crippen LogP contribution in [-0.4, -0.2) is 9.78 Å². The fourth-order valence-corrected chi connectivity index (χ4v) is 3.02. The number of aromatic nitrogens is 2. The number of nitrogens with one attached hydrogen (secondary N) is 1. The largest absolute Gasteiger partial charge is 0.307 e. The fraction of sp³-hybridized carbons (Fsp3) is 0.400. The van der Waals surface area contributed by atoms with Crippen LogP contribution in [0.1, 0.15) is 29.4 Å². The number of hydrogen-bond acceptors (Lipinski definition) is 2. The molecule has 0 radical (unpaired) electrons. The molecule has 0 spiro atoms. The number of benzene rings is 1. The summed E-state index contributed by atoms with van der Waals surface area (Å²) in [7, 11) is 1.98. The molecule has 5 heteroatoms. The number of aryl methyl sites for hydroxylation is 2. The molecule has 0 atom stereocenters. The summed E-state index contributed by atoms with van der Waals surface area (Å²) in [5.41, 5.74) is 4.69. The van der Waals surface area contributed by atoms with Gasteiger partial charge in [-0.1, -0.05) is 31.2 Å². The molecule has 0 fully saturated rings. The Morgan fingerprint density at radius 3 is 2.40 bits per heavy atom. The van der Waals surface area contributed by atoms with Crippen LogP contribution in [-0.2, 0) is 32.4 Å². The summed E-state index contributed by atoms with van der Waals surface area (Å²) in [6.45, 7) is 3.74. The van der Waals surface area contributed by atoms with Crippen LogP contribution in [0.5, 0.6) is 0 Å². The average molecular weight is 357 g/mol. The van der Waals surface area contributed by atoms with E-state index in [1.807, 2.05) is 11.7 Å². The van der Waals surface area contributed by atoms with Crippen LogP contribution >= 0.6 is 27.5 Å². The van der Waals surface area contributed by atoms with Crippen molar-refractivity contribution in [1.82, 2.24) is 15.1 Å². The highest BCUT2D eigenvalue weighted by Gasteiger charge is 2.11. The van der Waals surface area contributed by atoms with E-state index >= 15 is 0 Å². The number of halogens is 2. The molecule has 1 heterocycles. The van der Waals surface area contributed by atoms with E-state index in [4.69, 9.17) is 11.6 Å². The molecular formula is C15H19BrClN3. The van der Waals surface area contributed by atoms with E-state index in [1.54, 1.807) is 0 Å². The Hall–Kier alpha value is -0.840. The van der Waals surface area contributed by atoms with Crippen LogP contribution in [0.15, 0.2) is 28.7 Å². The molecule has 0 saturated heterocycles. The second kappa shape index (κ2) is 7.25. The van der Waals surface area contributed by atoms with E-state index in [0.29, 0.717) is 5.88 Å². The molecule has 20 heavy (non-hydrogen) atoms. The summed E-state index contributed by atoms with van der Waals surface area (Å²) < 4.78 is 3.06. The van der Waals surface area contributed by atoms with Crippen LogP contribution in [0.4, 0.5) is 0 Å². The smallest absolute Gasteiger partial charge is 0.0767 e. The van der Waals surface area contributed by atoms with Crippen LogP contribution in [0.25, 0.3) is 0 Å². The highest BCUT2D eigenvalue weighted by Crippen LogP contribution is 2.21. The van der Waals surface area contributed by atoms with Crippen LogP contribution in [0, 0.1) is 0 Å². The van der Waals surface area contributed by atoms with Crippen molar-refractivity contribution in [3.63, 3.8) is 0 Å². The van der Waals surface area contributed by atoms with Crippen molar-refractivity contribution in [3.05, 3.63) is 51.3 Å². The second-order valence-electron chi connectivity index (χ2n) is 4.74. The monoisotopic (exact) mass is 355 g/mol. The standard InChI is InChI=1S/C15H19BrClN3/c1-3-13-15(16)14(20(2)19-13)10-18-9-12-6-4-11(8-17)5-7-12/h4-7,18H,3,8-10H2,1-2H3. The van der Waals surface area contributed by atoms with Crippen molar-refractivity contribution in [3.8, 4) is 0 Å². The molecule has 0 aliphatic heterocycles. The van der Waals surface area contributed by atoms with E-state index in [-0.39, 0.29) is 0 Å². The van der Waals surface area contributed by atoms with E-state index in [2.05, 4.69) is 57.5 Å². The Kier molecular flexibility index (Phi) is 5.64. The lowest BCUT2D eigenvalue weighted by atomic mass is 10.1. The van der Waals surface area contributed by atoms with E-state index < -0.39 is 0 Å². The molecule has 0 unspecified atom stereocenters. The molecule has 0 aliphatic carbocycles. The van der Waals surface area contributed by atoms with Gasteiger partial charge in [0.1, 0.15) is 0 Å². The van der Waals surface area contributed by atoms with Gasteiger partial charge in [-0.25, -0.2) is 0 Å². The summed E-state index contributed by atoms with van der Waals surface area (Å²) in [6.07, 6.45) is 0.939. The zero-order valence-corrected chi connectivity index (χ0v) is 14.1. The maximum atomic E-state index is 5.78. The molecule has 2 aromatic rings. The summed E-state index contributed by atoms with van der Waals surface area (Å²) >= 11 is 9.41. The Morgan fingerprint density at radius 1 is 1.20 bits per heavy atom. The fourth-order valence-electron chi connectivity index (χ4n) is 2.08. The minimum atomic E-state index is 0.565. The van der Waals surface area contributed by atoms with Crippen molar-refractivity contribution in [2.75, 3.05) is 0 Å². The molecule has 0 saturated carbocycles. The van der Waals surface area contributed by atoms with Gasteiger partial charge in [0.05, 0.1) is 15.9 Å². The van der Waals surface area contributed by atoms with Gasteiger partial charge >= 0.3 is 0 Å². The van der Waals surface area contributed by atoms with Crippen LogP contribution < -0.4 is 5.32 Å². The van der Waals surface area contributed by atoms with Crippen molar-refractivity contribution >= 4 is 27.5 Å². The summed E-state index contributed by atoms with van der Waals surface area (Å²) in [5.74, 6) is 0.565. The molecule has 1 N–H and O–H groups in total. The first-order valence-electron chi connectivity index (χ1n) is 6.70. The predicted octanol–water partition coefficient (Wildman–Crippen LogP) is 3.77. The van der Waals surface area contributed by atoms with E-state index in [1.165, 1.54) is 11.3 Å². The van der Waals surface area contributed by atoms with E-state index in [0.717, 1.165) is 35.2 Å². The highest BCUT2D eigenvalue weighted by molar-refractivity contribution is 9.10. The zero-order valence-electron chi connectivity index (χ0n) is 11.8. The molecule has 0 bridgehead atoms. The van der Waals surface area contributed by atoms with Gasteiger partial charge in [0.25, 0.3) is 0 Å². The highest BCUT2D eigenvalue weighted by atomic mass is 79.9. The topological polar surface area (TPSA) is 29.9 Å². The molecule has 0 amide bonds. The van der Waals surface area contributed by atoms with Gasteiger partial charge in [0.15, 0.2) is 0 Å². The van der Waals surface area contributed by atoms with Gasteiger partial charge in [-0.2, -0.15) is 5.10 Å². The maximum absolute atomic E-state index is 5.78. The van der Waals surface area contributed by atoms with Crippen LogP contribution in [0.3, 0.4) is 0 Å². The Labute approximate surface area is 133 Å². The number of rotatable bonds is 6. The third-order valence-corrected chi connectivity index (χ3v) is 4.53. The molecule has 0 aliphatic rings. The predicted molar refractivity (Wildman–Crippen MR) is 86.8 cm³/mol. The lowest BCUT2D eigenvalue weighted by Crippen LogP contribution is -2.15. The van der Waals surface area contributed by atoms with Gasteiger partial charge in [0.2, 0.25) is 0 Å². The first kappa shape index (κ1) is 15.5. The van der Waals surface area contributed by atoms with Gasteiger partial charge in [-0.3, -0.25) is 4.68 Å². The van der Waals surface area contributed by atoms with Crippen molar-refractivity contribution in [2.24, 2.45) is 7.05 Å². The van der Waals surface area contributed by atoms with Gasteiger partial charge in [0, 0.05) is 26.0 Å².